The molecule has 1 fully saturated rings. The Hall–Kier alpha value is -3.82. The van der Waals surface area contributed by atoms with Crippen molar-refractivity contribution in [2.24, 2.45) is 0 Å². The van der Waals surface area contributed by atoms with Gasteiger partial charge in [-0.3, -0.25) is 9.36 Å². The van der Waals surface area contributed by atoms with Crippen molar-refractivity contribution in [2.45, 2.75) is 19.4 Å². The number of para-hydroxylation sites is 1. The Morgan fingerprint density at radius 1 is 1.13 bits per heavy atom. The van der Waals surface area contributed by atoms with Crippen molar-refractivity contribution in [3.05, 3.63) is 75.7 Å². The van der Waals surface area contributed by atoms with Crippen LogP contribution in [0.5, 0.6) is 5.75 Å². The van der Waals surface area contributed by atoms with Crippen LogP contribution in [0.1, 0.15) is 18.5 Å². The molecule has 2 aromatic heterocycles. The van der Waals surface area contributed by atoms with Crippen LogP contribution in [0.4, 0.5) is 23.0 Å². The number of fused-ring (bicyclic) bond motifs is 2. The fourth-order valence-electron chi connectivity index (χ4n) is 5.59. The average Bonchev–Trinajstić information content (AvgIpc) is 2.94. The Morgan fingerprint density at radius 3 is 2.74 bits per heavy atom. The SMILES string of the molecule is CCOc1cc2cnc(Nc3ccc(N4CCNCC4)c(Cl)c3)nc2n(C2Cc3ccccc3N(C)C2)c1=O. The first-order valence-electron chi connectivity index (χ1n) is 13.4. The maximum Gasteiger partial charge on any atom is 0.294 e. The number of aromatic nitrogens is 3. The zero-order valence-corrected chi connectivity index (χ0v) is 22.9. The molecule has 39 heavy (non-hydrogen) atoms. The lowest BCUT2D eigenvalue weighted by molar-refractivity contribution is 0.329. The number of likely N-dealkylation sites (N-methyl/N-ethyl adjacent to an activating group) is 1. The average molecular weight is 546 g/mol. The van der Waals surface area contributed by atoms with Gasteiger partial charge in [0.1, 0.15) is 5.65 Å². The molecule has 202 valence electrons. The standard InChI is InChI=1S/C29H32ClN7O2/c1-3-39-26-15-20-17-32-29(33-21-8-9-25(23(30)16-21)36-12-10-31-11-13-36)34-27(20)37(28(26)38)22-14-19-6-4-5-7-24(19)35(2)18-22/h4-9,15-17,22,31H,3,10-14,18H2,1-2H3,(H,32,33,34). The summed E-state index contributed by atoms with van der Waals surface area (Å²) in [4.78, 5) is 27.6. The van der Waals surface area contributed by atoms with Crippen molar-refractivity contribution in [1.82, 2.24) is 19.9 Å². The van der Waals surface area contributed by atoms with E-state index in [9.17, 15) is 4.79 Å². The molecule has 0 spiro atoms. The van der Waals surface area contributed by atoms with Crippen LogP contribution in [0, 0.1) is 0 Å². The Kier molecular flexibility index (Phi) is 7.01. The van der Waals surface area contributed by atoms with Gasteiger partial charge in [-0.05, 0) is 49.2 Å². The van der Waals surface area contributed by atoms with E-state index in [1.54, 1.807) is 16.8 Å². The number of nitrogens with one attached hydrogen (secondary N) is 2. The van der Waals surface area contributed by atoms with Gasteiger partial charge in [-0.2, -0.15) is 4.98 Å². The minimum absolute atomic E-state index is 0.115. The van der Waals surface area contributed by atoms with E-state index in [2.05, 4.69) is 44.6 Å². The molecular weight excluding hydrogens is 514 g/mol. The van der Waals surface area contributed by atoms with Crippen LogP contribution in [0.3, 0.4) is 0 Å². The summed E-state index contributed by atoms with van der Waals surface area (Å²) in [5.74, 6) is 0.710. The summed E-state index contributed by atoms with van der Waals surface area (Å²) >= 11 is 6.67. The van der Waals surface area contributed by atoms with Gasteiger partial charge in [0.25, 0.3) is 5.56 Å². The van der Waals surface area contributed by atoms with Crippen LogP contribution < -0.4 is 30.7 Å². The molecule has 0 aliphatic carbocycles. The lowest BCUT2D eigenvalue weighted by Crippen LogP contribution is -2.43. The second-order valence-corrected chi connectivity index (χ2v) is 10.4. The highest BCUT2D eigenvalue weighted by Gasteiger charge is 2.27. The summed E-state index contributed by atoms with van der Waals surface area (Å²) in [5, 5.41) is 8.07. The summed E-state index contributed by atoms with van der Waals surface area (Å²) in [6, 6.07) is 15.8. The molecular formula is C29H32ClN7O2. The van der Waals surface area contributed by atoms with Gasteiger partial charge >= 0.3 is 0 Å². The predicted molar refractivity (Wildman–Crippen MR) is 157 cm³/mol. The minimum atomic E-state index is -0.185. The van der Waals surface area contributed by atoms with Gasteiger partial charge in [0.2, 0.25) is 5.95 Å². The number of hydrogen-bond donors (Lipinski definition) is 2. The quantitative estimate of drug-likeness (QED) is 0.372. The predicted octanol–water partition coefficient (Wildman–Crippen LogP) is 4.23. The fourth-order valence-corrected chi connectivity index (χ4v) is 5.89. The van der Waals surface area contributed by atoms with Crippen LogP contribution in [0.2, 0.25) is 5.02 Å². The molecule has 0 radical (unpaired) electrons. The van der Waals surface area contributed by atoms with Crippen LogP contribution in [-0.2, 0) is 6.42 Å². The first-order valence-corrected chi connectivity index (χ1v) is 13.8. The van der Waals surface area contributed by atoms with E-state index in [-0.39, 0.29) is 11.6 Å². The van der Waals surface area contributed by atoms with Gasteiger partial charge in [0.05, 0.1) is 23.4 Å². The molecule has 1 unspecified atom stereocenters. The molecule has 0 saturated carbocycles. The normalized spacial score (nSPS) is 17.3. The molecule has 1 atom stereocenters. The Bertz CT molecular complexity index is 1570. The van der Waals surface area contributed by atoms with E-state index in [4.69, 9.17) is 21.3 Å². The van der Waals surface area contributed by atoms with E-state index < -0.39 is 0 Å². The number of rotatable bonds is 6. The van der Waals surface area contributed by atoms with Gasteiger partial charge in [-0.1, -0.05) is 29.8 Å². The number of benzene rings is 2. The second-order valence-electron chi connectivity index (χ2n) is 9.98. The number of hydrogen-bond acceptors (Lipinski definition) is 8. The molecule has 0 bridgehead atoms. The van der Waals surface area contributed by atoms with Crippen molar-refractivity contribution in [3.63, 3.8) is 0 Å². The molecule has 10 heteroatoms. The lowest BCUT2D eigenvalue weighted by Gasteiger charge is -2.34. The summed E-state index contributed by atoms with van der Waals surface area (Å²) < 4.78 is 7.51. The molecule has 2 aliphatic rings. The molecule has 9 nitrogen and oxygen atoms in total. The van der Waals surface area contributed by atoms with Gasteiger partial charge in [-0.15, -0.1) is 0 Å². The molecule has 0 amide bonds. The largest absolute Gasteiger partial charge is 0.488 e. The first-order chi connectivity index (χ1) is 19.0. The van der Waals surface area contributed by atoms with Crippen molar-refractivity contribution in [1.29, 1.82) is 0 Å². The van der Waals surface area contributed by atoms with Crippen LogP contribution in [-0.4, -0.2) is 60.9 Å². The highest BCUT2D eigenvalue weighted by atomic mass is 35.5. The first kappa shape index (κ1) is 25.5. The van der Waals surface area contributed by atoms with E-state index in [0.29, 0.717) is 35.5 Å². The van der Waals surface area contributed by atoms with Crippen LogP contribution >= 0.6 is 11.6 Å². The maximum atomic E-state index is 13.7. The Balaban J connectivity index is 1.37. The highest BCUT2D eigenvalue weighted by Crippen LogP contribution is 2.33. The number of pyridine rings is 1. The summed E-state index contributed by atoms with van der Waals surface area (Å²) in [5.41, 5.74) is 4.57. The van der Waals surface area contributed by atoms with Crippen molar-refractivity contribution < 1.29 is 4.74 Å². The molecule has 1 saturated heterocycles. The third-order valence-corrected chi connectivity index (χ3v) is 7.71. The van der Waals surface area contributed by atoms with Crippen LogP contribution in [0.25, 0.3) is 11.0 Å². The van der Waals surface area contributed by atoms with Gasteiger partial charge in [0, 0.05) is 62.7 Å². The Morgan fingerprint density at radius 2 is 1.95 bits per heavy atom. The summed E-state index contributed by atoms with van der Waals surface area (Å²) in [7, 11) is 2.06. The summed E-state index contributed by atoms with van der Waals surface area (Å²) in [6.07, 6.45) is 2.46. The van der Waals surface area contributed by atoms with E-state index >= 15 is 0 Å². The number of nitrogens with zero attached hydrogens (tertiary/aromatic N) is 5. The molecule has 4 aromatic rings. The van der Waals surface area contributed by atoms with Crippen LogP contribution in [0.15, 0.2) is 59.5 Å². The number of ether oxygens (including phenoxy) is 1. The van der Waals surface area contributed by atoms with E-state index in [0.717, 1.165) is 49.4 Å². The van der Waals surface area contributed by atoms with Crippen molar-refractivity contribution in [2.75, 3.05) is 61.5 Å². The number of anilines is 4. The van der Waals surface area contributed by atoms with Gasteiger partial charge in [-0.25, -0.2) is 4.98 Å². The Labute approximate surface area is 232 Å². The minimum Gasteiger partial charge on any atom is -0.488 e. The molecule has 2 aromatic carbocycles. The molecule has 6 rings (SSSR count). The molecule has 2 aliphatic heterocycles. The highest BCUT2D eigenvalue weighted by molar-refractivity contribution is 6.33. The zero-order chi connectivity index (χ0) is 26.9. The number of piperazine rings is 1. The monoisotopic (exact) mass is 545 g/mol. The fraction of sp³-hybridized carbons (Fsp3) is 0.345. The zero-order valence-electron chi connectivity index (χ0n) is 22.2. The van der Waals surface area contributed by atoms with Crippen molar-refractivity contribution >= 4 is 45.6 Å². The second kappa shape index (κ2) is 10.7. The van der Waals surface area contributed by atoms with Gasteiger partial charge in [0.15, 0.2) is 5.75 Å². The summed E-state index contributed by atoms with van der Waals surface area (Å²) in [6.45, 7) is 6.68. The van der Waals surface area contributed by atoms with E-state index in [1.807, 2.05) is 37.3 Å². The van der Waals surface area contributed by atoms with E-state index in [1.165, 1.54) is 11.3 Å². The maximum absolute atomic E-state index is 13.7. The third kappa shape index (κ3) is 4.99. The van der Waals surface area contributed by atoms with Crippen molar-refractivity contribution in [3.8, 4) is 5.75 Å². The topological polar surface area (TPSA) is 87.6 Å². The smallest absolute Gasteiger partial charge is 0.294 e. The molecule has 4 heterocycles. The third-order valence-electron chi connectivity index (χ3n) is 7.41. The lowest BCUT2D eigenvalue weighted by atomic mass is 9.98. The van der Waals surface area contributed by atoms with Gasteiger partial charge < -0.3 is 25.2 Å². The molecule has 2 N–H and O–H groups in total. The number of halogens is 1.